The Kier molecular flexibility index (Phi) is 4.61. The Morgan fingerprint density at radius 1 is 1.38 bits per heavy atom. The van der Waals surface area contributed by atoms with Gasteiger partial charge in [-0.2, -0.15) is 0 Å². The number of phenolic OH excluding ortho intramolecular Hbond substituents is 1. The van der Waals surface area contributed by atoms with Gasteiger partial charge in [0.25, 0.3) is 0 Å². The monoisotopic (exact) mass is 342 g/mol. The molecule has 3 N–H and O–H groups in total. The van der Waals surface area contributed by atoms with Gasteiger partial charge in [-0.05, 0) is 24.6 Å². The molecule has 0 fully saturated rings. The van der Waals surface area contributed by atoms with Gasteiger partial charge in [-0.1, -0.05) is 12.1 Å². The Hall–Kier alpha value is -2.67. The molecule has 0 unspecified atom stereocenters. The van der Waals surface area contributed by atoms with Crippen LogP contribution in [-0.4, -0.2) is 25.5 Å². The smallest absolute Gasteiger partial charge is 0.223 e. The summed E-state index contributed by atoms with van der Waals surface area (Å²) in [6.45, 7) is 2.48. The van der Waals surface area contributed by atoms with E-state index in [-0.39, 0.29) is 12.2 Å². The Balaban J connectivity index is 1.91. The molecule has 0 bridgehead atoms. The molecule has 0 spiro atoms. The van der Waals surface area contributed by atoms with Crippen LogP contribution in [0.2, 0.25) is 0 Å². The van der Waals surface area contributed by atoms with Crippen molar-refractivity contribution in [3.63, 3.8) is 0 Å². The highest BCUT2D eigenvalue weighted by atomic mass is 32.1. The van der Waals surface area contributed by atoms with E-state index in [1.54, 1.807) is 35.9 Å². The molecule has 3 rings (SSSR count). The van der Waals surface area contributed by atoms with E-state index in [1.165, 1.54) is 0 Å². The first-order valence-electron chi connectivity index (χ1n) is 7.51. The van der Waals surface area contributed by atoms with Gasteiger partial charge in [0, 0.05) is 17.8 Å². The van der Waals surface area contributed by atoms with E-state index in [0.717, 1.165) is 27.5 Å². The van der Waals surface area contributed by atoms with Crippen LogP contribution in [0, 0.1) is 6.92 Å². The Bertz CT molecular complexity index is 869. The van der Waals surface area contributed by atoms with Crippen molar-refractivity contribution in [2.45, 2.75) is 26.3 Å². The molecule has 1 aromatic carbocycles. The minimum atomic E-state index is -0.394. The van der Waals surface area contributed by atoms with Crippen LogP contribution >= 0.6 is 11.3 Å². The van der Waals surface area contributed by atoms with Crippen LogP contribution in [-0.2, 0) is 24.2 Å². The van der Waals surface area contributed by atoms with Gasteiger partial charge in [0.1, 0.15) is 5.75 Å². The number of aromatic hydroxyl groups is 1. The molecule has 1 amide bonds. The van der Waals surface area contributed by atoms with E-state index in [4.69, 9.17) is 5.73 Å². The summed E-state index contributed by atoms with van der Waals surface area (Å²) in [6, 6.07) is 7.03. The van der Waals surface area contributed by atoms with Gasteiger partial charge in [-0.3, -0.25) is 4.79 Å². The summed E-state index contributed by atoms with van der Waals surface area (Å²) in [5.41, 5.74) is 10.8. The quantitative estimate of drug-likeness (QED) is 0.716. The number of rotatable bonds is 6. The Morgan fingerprint density at radius 2 is 2.21 bits per heavy atom. The fourth-order valence-corrected chi connectivity index (χ4v) is 3.38. The van der Waals surface area contributed by atoms with Crippen molar-refractivity contribution < 1.29 is 9.90 Å². The molecule has 0 saturated heterocycles. The average molecular weight is 342 g/mol. The second-order valence-electron chi connectivity index (χ2n) is 5.62. The summed E-state index contributed by atoms with van der Waals surface area (Å²) in [7, 11) is 0. The average Bonchev–Trinajstić information content (AvgIpc) is 3.08. The molecule has 3 aromatic rings. The number of hydrogen-bond donors (Lipinski definition) is 2. The normalized spacial score (nSPS) is 10.9. The third kappa shape index (κ3) is 3.62. The summed E-state index contributed by atoms with van der Waals surface area (Å²) >= 11 is 1.58. The molecular formula is C17H18N4O2S. The van der Waals surface area contributed by atoms with E-state index in [0.29, 0.717) is 13.0 Å². The first kappa shape index (κ1) is 16.2. The van der Waals surface area contributed by atoms with Gasteiger partial charge in [-0.15, -0.1) is 11.3 Å². The maximum Gasteiger partial charge on any atom is 0.223 e. The largest absolute Gasteiger partial charge is 0.508 e. The van der Waals surface area contributed by atoms with E-state index >= 15 is 0 Å². The molecule has 2 aromatic heterocycles. The topological polar surface area (TPSA) is 94.0 Å². The fourth-order valence-electron chi connectivity index (χ4n) is 2.60. The van der Waals surface area contributed by atoms with Crippen LogP contribution in [0.5, 0.6) is 5.75 Å². The summed E-state index contributed by atoms with van der Waals surface area (Å²) in [5.74, 6) is -0.181. The highest BCUT2D eigenvalue weighted by Crippen LogP contribution is 2.21. The number of aryl methyl sites for hydroxylation is 1. The molecule has 7 heteroatoms. The molecule has 124 valence electrons. The Morgan fingerprint density at radius 3 is 2.88 bits per heavy atom. The second-order valence-corrected chi connectivity index (χ2v) is 6.56. The molecule has 0 aliphatic rings. The standard InChI is InChI=1S/C17H18N4O2S/c1-11-16(24-10-20-11)6-14-15(7-17(18)23)21(9-19-14)8-12-3-2-4-13(22)5-12/h2-5,9-10,22H,6-8H2,1H3,(H2,18,23). The van der Waals surface area contributed by atoms with Crippen molar-refractivity contribution in [1.29, 1.82) is 0 Å². The number of thiazole rings is 1. The third-order valence-electron chi connectivity index (χ3n) is 3.81. The van der Waals surface area contributed by atoms with Crippen LogP contribution in [0.3, 0.4) is 0 Å². The number of carbonyl (C=O) groups excluding carboxylic acids is 1. The SMILES string of the molecule is Cc1ncsc1Cc1ncn(Cc2cccc(O)c2)c1CC(N)=O. The molecule has 0 saturated carbocycles. The van der Waals surface area contributed by atoms with Crippen molar-refractivity contribution in [3.05, 3.63) is 63.6 Å². The predicted molar refractivity (Wildman–Crippen MR) is 92.0 cm³/mol. The van der Waals surface area contributed by atoms with Crippen molar-refractivity contribution in [3.8, 4) is 5.75 Å². The number of phenols is 1. The predicted octanol–water partition coefficient (Wildman–Crippen LogP) is 2.02. The number of aromatic nitrogens is 3. The zero-order valence-electron chi connectivity index (χ0n) is 13.3. The minimum absolute atomic E-state index is 0.131. The summed E-state index contributed by atoms with van der Waals surface area (Å²) in [6.07, 6.45) is 2.48. The summed E-state index contributed by atoms with van der Waals surface area (Å²) in [5, 5.41) is 9.61. The van der Waals surface area contributed by atoms with E-state index < -0.39 is 5.91 Å². The number of hydrogen-bond acceptors (Lipinski definition) is 5. The molecule has 0 aliphatic carbocycles. The number of carbonyl (C=O) groups is 1. The molecule has 0 radical (unpaired) electrons. The number of benzene rings is 1. The molecule has 24 heavy (non-hydrogen) atoms. The highest BCUT2D eigenvalue weighted by molar-refractivity contribution is 7.09. The molecule has 6 nitrogen and oxygen atoms in total. The van der Waals surface area contributed by atoms with Gasteiger partial charge in [0.15, 0.2) is 0 Å². The van der Waals surface area contributed by atoms with Crippen molar-refractivity contribution in [2.75, 3.05) is 0 Å². The molecular weight excluding hydrogens is 324 g/mol. The zero-order valence-corrected chi connectivity index (χ0v) is 14.1. The maximum absolute atomic E-state index is 11.5. The second kappa shape index (κ2) is 6.84. The lowest BCUT2D eigenvalue weighted by Crippen LogP contribution is -2.18. The van der Waals surface area contributed by atoms with Gasteiger partial charge in [0.05, 0.1) is 35.3 Å². The van der Waals surface area contributed by atoms with Crippen LogP contribution < -0.4 is 5.73 Å². The van der Waals surface area contributed by atoms with E-state index in [1.807, 2.05) is 23.1 Å². The first-order chi connectivity index (χ1) is 11.5. The number of imidazole rings is 1. The van der Waals surface area contributed by atoms with E-state index in [9.17, 15) is 9.90 Å². The van der Waals surface area contributed by atoms with Crippen LogP contribution in [0.25, 0.3) is 0 Å². The highest BCUT2D eigenvalue weighted by Gasteiger charge is 2.16. The van der Waals surface area contributed by atoms with Crippen LogP contribution in [0.1, 0.15) is 27.5 Å². The number of amides is 1. The fraction of sp³-hybridized carbons (Fsp3) is 0.235. The van der Waals surface area contributed by atoms with Gasteiger partial charge in [-0.25, -0.2) is 9.97 Å². The third-order valence-corrected chi connectivity index (χ3v) is 4.75. The molecule has 0 atom stereocenters. The van der Waals surface area contributed by atoms with Crippen molar-refractivity contribution in [1.82, 2.24) is 14.5 Å². The minimum Gasteiger partial charge on any atom is -0.508 e. The molecule has 2 heterocycles. The number of primary amides is 1. The van der Waals surface area contributed by atoms with Crippen molar-refractivity contribution >= 4 is 17.2 Å². The summed E-state index contributed by atoms with van der Waals surface area (Å²) in [4.78, 5) is 21.3. The van der Waals surface area contributed by atoms with Gasteiger partial charge < -0.3 is 15.4 Å². The van der Waals surface area contributed by atoms with Crippen LogP contribution in [0.4, 0.5) is 0 Å². The van der Waals surface area contributed by atoms with Gasteiger partial charge >= 0.3 is 0 Å². The first-order valence-corrected chi connectivity index (χ1v) is 8.39. The van der Waals surface area contributed by atoms with Crippen LogP contribution in [0.15, 0.2) is 36.1 Å². The number of nitrogens with zero attached hydrogens (tertiary/aromatic N) is 3. The lowest BCUT2D eigenvalue weighted by atomic mass is 10.1. The van der Waals surface area contributed by atoms with Crippen molar-refractivity contribution in [2.24, 2.45) is 5.73 Å². The molecule has 0 aliphatic heterocycles. The van der Waals surface area contributed by atoms with Gasteiger partial charge in [0.2, 0.25) is 5.91 Å². The number of nitrogens with two attached hydrogens (primary N) is 1. The Labute approximate surface area is 143 Å². The lowest BCUT2D eigenvalue weighted by Gasteiger charge is -2.09. The maximum atomic E-state index is 11.5. The lowest BCUT2D eigenvalue weighted by molar-refractivity contribution is -0.117. The van der Waals surface area contributed by atoms with E-state index in [2.05, 4.69) is 9.97 Å². The zero-order chi connectivity index (χ0) is 17.1. The summed E-state index contributed by atoms with van der Waals surface area (Å²) < 4.78 is 1.91.